The maximum atomic E-state index is 12.5. The first-order valence-electron chi connectivity index (χ1n) is 12.0. The Morgan fingerprint density at radius 2 is 1.78 bits per heavy atom. The molecule has 36 heavy (non-hydrogen) atoms. The molecule has 2 N–H and O–H groups in total. The largest absolute Gasteiger partial charge is 0.359 e. The second-order valence-electron chi connectivity index (χ2n) is 8.86. The molecule has 0 fully saturated rings. The molecular formula is C29H28N3O3P. The number of hydrogen-bond acceptors (Lipinski definition) is 5. The Balaban J connectivity index is 1.62. The van der Waals surface area contributed by atoms with Crippen LogP contribution >= 0.6 is 7.60 Å². The summed E-state index contributed by atoms with van der Waals surface area (Å²) in [4.78, 5) is 19.4. The van der Waals surface area contributed by atoms with E-state index in [1.54, 1.807) is 13.1 Å². The topological polar surface area (TPSA) is 84.3 Å². The van der Waals surface area contributed by atoms with E-state index in [0.717, 1.165) is 43.9 Å². The van der Waals surface area contributed by atoms with Crippen LogP contribution in [0.2, 0.25) is 0 Å². The maximum Gasteiger partial charge on any atom is 0.347 e. The minimum absolute atomic E-state index is 0.215. The van der Waals surface area contributed by atoms with Crippen molar-refractivity contribution in [3.05, 3.63) is 91.3 Å². The van der Waals surface area contributed by atoms with Crippen molar-refractivity contribution < 1.29 is 14.0 Å². The van der Waals surface area contributed by atoms with Crippen molar-refractivity contribution in [2.45, 2.75) is 26.4 Å². The number of anilines is 1. The standard InChI is InChI=1S/C29H28N3O3P/c1-3-20(2)35-36(33,34)19-31-28-14-13-22-16-24(23-10-7-15-30-18-23)17-27(29(22)32-28)26-12-6-9-21-8-4-5-11-25(21)26/h4-18,20H,3,19H2,1-2H3,(H,31,32)(H,33,34). The van der Waals surface area contributed by atoms with Crippen molar-refractivity contribution in [2.24, 2.45) is 0 Å². The van der Waals surface area contributed by atoms with Gasteiger partial charge in [0.2, 0.25) is 0 Å². The summed E-state index contributed by atoms with van der Waals surface area (Å²) < 4.78 is 17.8. The molecule has 0 bridgehead atoms. The summed E-state index contributed by atoms with van der Waals surface area (Å²) in [5.74, 6) is 0.514. The van der Waals surface area contributed by atoms with E-state index in [1.807, 2.05) is 49.5 Å². The van der Waals surface area contributed by atoms with Crippen LogP contribution in [0.5, 0.6) is 0 Å². The van der Waals surface area contributed by atoms with Crippen LogP contribution < -0.4 is 5.32 Å². The SMILES string of the molecule is CCC(C)OP(=O)(O)CNc1ccc2cc(-c3cccnc3)cc(-c3cccc4ccccc34)c2n1. The van der Waals surface area contributed by atoms with Gasteiger partial charge < -0.3 is 14.7 Å². The van der Waals surface area contributed by atoms with Crippen LogP contribution in [0, 0.1) is 0 Å². The van der Waals surface area contributed by atoms with Gasteiger partial charge in [0.15, 0.2) is 0 Å². The molecule has 0 saturated heterocycles. The molecule has 7 heteroatoms. The smallest absolute Gasteiger partial charge is 0.347 e. The number of nitrogens with one attached hydrogen (secondary N) is 1. The van der Waals surface area contributed by atoms with E-state index in [1.165, 1.54) is 0 Å². The van der Waals surface area contributed by atoms with Crippen LogP contribution in [-0.4, -0.2) is 27.3 Å². The Hall–Kier alpha value is -3.57. The van der Waals surface area contributed by atoms with Gasteiger partial charge in [-0.3, -0.25) is 9.55 Å². The highest BCUT2D eigenvalue weighted by atomic mass is 31.2. The van der Waals surface area contributed by atoms with Gasteiger partial charge in [-0.1, -0.05) is 55.5 Å². The number of nitrogens with zero attached hydrogens (tertiary/aromatic N) is 2. The highest BCUT2D eigenvalue weighted by molar-refractivity contribution is 7.52. The van der Waals surface area contributed by atoms with Crippen LogP contribution in [0.3, 0.4) is 0 Å². The molecular weight excluding hydrogens is 469 g/mol. The summed E-state index contributed by atoms with van der Waals surface area (Å²) in [7, 11) is -3.80. The fraction of sp³-hybridized carbons (Fsp3) is 0.172. The molecule has 0 aliphatic carbocycles. The van der Waals surface area contributed by atoms with E-state index < -0.39 is 7.60 Å². The number of pyridine rings is 2. The van der Waals surface area contributed by atoms with E-state index in [2.05, 4.69) is 52.8 Å². The Morgan fingerprint density at radius 3 is 2.58 bits per heavy atom. The zero-order valence-corrected chi connectivity index (χ0v) is 21.2. The summed E-state index contributed by atoms with van der Waals surface area (Å²) in [6.07, 6.45) is 3.77. The maximum absolute atomic E-state index is 12.5. The third-order valence-corrected chi connectivity index (χ3v) is 7.49. The molecule has 0 amide bonds. The first-order valence-corrected chi connectivity index (χ1v) is 13.8. The molecule has 0 aliphatic rings. The van der Waals surface area contributed by atoms with Gasteiger partial charge >= 0.3 is 7.60 Å². The van der Waals surface area contributed by atoms with Crippen molar-refractivity contribution >= 4 is 35.1 Å². The zero-order chi connectivity index (χ0) is 25.1. The molecule has 6 nitrogen and oxygen atoms in total. The van der Waals surface area contributed by atoms with Gasteiger partial charge in [0.05, 0.1) is 11.6 Å². The fourth-order valence-corrected chi connectivity index (χ4v) is 5.42. The highest BCUT2D eigenvalue weighted by Gasteiger charge is 2.22. The summed E-state index contributed by atoms with van der Waals surface area (Å²) in [6, 6.07) is 26.6. The Bertz CT molecular complexity index is 1570. The van der Waals surface area contributed by atoms with Crippen LogP contribution in [0.4, 0.5) is 5.82 Å². The van der Waals surface area contributed by atoms with Crippen molar-refractivity contribution in [2.75, 3.05) is 11.6 Å². The molecule has 2 heterocycles. The third-order valence-electron chi connectivity index (χ3n) is 6.25. The van der Waals surface area contributed by atoms with Gasteiger partial charge in [0.1, 0.15) is 12.1 Å². The average molecular weight is 498 g/mol. The van der Waals surface area contributed by atoms with Crippen LogP contribution in [0.25, 0.3) is 43.9 Å². The normalized spacial score (nSPS) is 14.0. The van der Waals surface area contributed by atoms with Crippen molar-refractivity contribution in [3.63, 3.8) is 0 Å². The average Bonchev–Trinajstić information content (AvgIpc) is 2.91. The monoisotopic (exact) mass is 497 g/mol. The third kappa shape index (κ3) is 5.17. The number of benzene rings is 3. The lowest BCUT2D eigenvalue weighted by Crippen LogP contribution is -2.11. The molecule has 0 spiro atoms. The molecule has 182 valence electrons. The molecule has 0 aliphatic heterocycles. The summed E-state index contributed by atoms with van der Waals surface area (Å²) in [6.45, 7) is 3.70. The zero-order valence-electron chi connectivity index (χ0n) is 20.3. The van der Waals surface area contributed by atoms with E-state index in [-0.39, 0.29) is 12.4 Å². The Labute approximate surface area is 210 Å². The minimum atomic E-state index is -3.80. The van der Waals surface area contributed by atoms with Crippen molar-refractivity contribution in [1.82, 2.24) is 9.97 Å². The van der Waals surface area contributed by atoms with Gasteiger partial charge in [-0.2, -0.15) is 0 Å². The van der Waals surface area contributed by atoms with E-state index in [4.69, 9.17) is 9.51 Å². The molecule has 5 aromatic rings. The quantitative estimate of drug-likeness (QED) is 0.216. The van der Waals surface area contributed by atoms with Gasteiger partial charge in [-0.15, -0.1) is 0 Å². The first kappa shape index (κ1) is 24.1. The molecule has 3 aromatic carbocycles. The van der Waals surface area contributed by atoms with E-state index in [9.17, 15) is 9.46 Å². The van der Waals surface area contributed by atoms with E-state index >= 15 is 0 Å². The van der Waals surface area contributed by atoms with Crippen molar-refractivity contribution in [3.8, 4) is 22.3 Å². The minimum Gasteiger partial charge on any atom is -0.359 e. The molecule has 2 atom stereocenters. The molecule has 0 saturated carbocycles. The van der Waals surface area contributed by atoms with Crippen molar-refractivity contribution in [1.29, 1.82) is 0 Å². The molecule has 2 unspecified atom stereocenters. The number of hydrogen-bond donors (Lipinski definition) is 2. The second-order valence-corrected chi connectivity index (χ2v) is 10.7. The predicted molar refractivity (Wildman–Crippen MR) is 147 cm³/mol. The lowest BCUT2D eigenvalue weighted by molar-refractivity contribution is 0.186. The van der Waals surface area contributed by atoms with Crippen LogP contribution in [-0.2, 0) is 9.09 Å². The fourth-order valence-electron chi connectivity index (χ4n) is 4.27. The second kappa shape index (κ2) is 10.2. The lowest BCUT2D eigenvalue weighted by Gasteiger charge is -2.18. The summed E-state index contributed by atoms with van der Waals surface area (Å²) >= 11 is 0. The van der Waals surface area contributed by atoms with Gasteiger partial charge in [-0.05, 0) is 65.6 Å². The van der Waals surface area contributed by atoms with Crippen LogP contribution in [0.1, 0.15) is 20.3 Å². The first-order chi connectivity index (χ1) is 17.4. The van der Waals surface area contributed by atoms with Gasteiger partial charge in [0.25, 0.3) is 0 Å². The highest BCUT2D eigenvalue weighted by Crippen LogP contribution is 2.43. The van der Waals surface area contributed by atoms with Gasteiger partial charge in [0, 0.05) is 28.9 Å². The number of rotatable bonds is 8. The molecule has 2 aromatic heterocycles. The molecule has 5 rings (SSSR count). The lowest BCUT2D eigenvalue weighted by atomic mass is 9.93. The molecule has 0 radical (unpaired) electrons. The number of aromatic nitrogens is 2. The van der Waals surface area contributed by atoms with E-state index in [0.29, 0.717) is 12.2 Å². The Morgan fingerprint density at radius 1 is 0.944 bits per heavy atom. The Kier molecular flexibility index (Phi) is 6.84. The number of fused-ring (bicyclic) bond motifs is 2. The van der Waals surface area contributed by atoms with Gasteiger partial charge in [-0.25, -0.2) is 4.98 Å². The summed E-state index contributed by atoms with van der Waals surface area (Å²) in [5.41, 5.74) is 4.92. The summed E-state index contributed by atoms with van der Waals surface area (Å²) in [5, 5.41) is 6.25. The van der Waals surface area contributed by atoms with Crippen LogP contribution in [0.15, 0.2) is 91.3 Å². The predicted octanol–water partition coefficient (Wildman–Crippen LogP) is 7.49.